The third-order valence-corrected chi connectivity index (χ3v) is 6.64. The Morgan fingerprint density at radius 2 is 1.50 bits per heavy atom. The van der Waals surface area contributed by atoms with Crippen molar-refractivity contribution in [1.29, 1.82) is 0 Å². The Labute approximate surface area is 228 Å². The standard InChI is InChI=1S/C27H19ClF7N5/c28-22-7-6-21(29)12-18(22)15-39-9-8-36-25(39)23-24(17-4-2-1-3-5-17)40(38-37-23)14-16-10-19(26(30,31)32)13-20(11-16)27(33,34)35/h1-7,10-13H,8-9,14-15H2. The number of alkyl halides is 6. The van der Waals surface area contributed by atoms with Crippen LogP contribution in [0.5, 0.6) is 0 Å². The monoisotopic (exact) mass is 581 g/mol. The number of nitrogens with zero attached hydrogens (tertiary/aromatic N) is 5. The fourth-order valence-corrected chi connectivity index (χ4v) is 4.65. The van der Waals surface area contributed by atoms with Crippen LogP contribution >= 0.6 is 11.6 Å². The lowest BCUT2D eigenvalue weighted by atomic mass is 10.0. The molecule has 1 aromatic heterocycles. The second kappa shape index (κ2) is 10.6. The zero-order valence-corrected chi connectivity index (χ0v) is 21.2. The van der Waals surface area contributed by atoms with Gasteiger partial charge in [0.2, 0.25) is 0 Å². The molecule has 0 saturated carbocycles. The fourth-order valence-electron chi connectivity index (χ4n) is 4.47. The summed E-state index contributed by atoms with van der Waals surface area (Å²) in [6, 6.07) is 14.0. The van der Waals surface area contributed by atoms with Gasteiger partial charge in [-0.25, -0.2) is 9.07 Å². The Hall–Kier alpha value is -3.93. The lowest BCUT2D eigenvalue weighted by Gasteiger charge is -2.21. The number of halogens is 8. The van der Waals surface area contributed by atoms with Crippen LogP contribution in [-0.4, -0.2) is 38.8 Å². The molecule has 0 fully saturated rings. The van der Waals surface area contributed by atoms with E-state index in [9.17, 15) is 30.7 Å². The highest BCUT2D eigenvalue weighted by molar-refractivity contribution is 6.31. The van der Waals surface area contributed by atoms with Gasteiger partial charge in [0.15, 0.2) is 11.5 Å². The molecule has 1 aliphatic rings. The molecule has 13 heteroatoms. The van der Waals surface area contributed by atoms with Gasteiger partial charge in [0, 0.05) is 23.7 Å². The molecule has 40 heavy (non-hydrogen) atoms. The van der Waals surface area contributed by atoms with Crippen molar-refractivity contribution in [3.8, 4) is 11.3 Å². The molecule has 0 amide bonds. The molecule has 3 aromatic carbocycles. The summed E-state index contributed by atoms with van der Waals surface area (Å²) >= 11 is 6.25. The molecule has 0 aliphatic carbocycles. The molecule has 0 N–H and O–H groups in total. The van der Waals surface area contributed by atoms with Crippen LogP contribution in [0.15, 0.2) is 71.7 Å². The van der Waals surface area contributed by atoms with E-state index in [1.807, 2.05) is 4.90 Å². The zero-order valence-electron chi connectivity index (χ0n) is 20.4. The molecule has 208 valence electrons. The molecular formula is C27H19ClF7N5. The number of benzene rings is 3. The van der Waals surface area contributed by atoms with Gasteiger partial charge >= 0.3 is 12.4 Å². The average molecular weight is 582 g/mol. The van der Waals surface area contributed by atoms with Crippen LogP contribution < -0.4 is 0 Å². The summed E-state index contributed by atoms with van der Waals surface area (Å²) in [5, 5.41) is 8.69. The molecule has 0 spiro atoms. The third-order valence-electron chi connectivity index (χ3n) is 6.27. The SMILES string of the molecule is Fc1ccc(Cl)c(CN2CCN=C2c2nnn(Cc3cc(C(F)(F)F)cc(C(F)(F)F)c3)c2-c2ccccc2)c1. The maximum Gasteiger partial charge on any atom is 0.416 e. The van der Waals surface area contributed by atoms with Gasteiger partial charge in [-0.05, 0) is 47.5 Å². The summed E-state index contributed by atoms with van der Waals surface area (Å²) < 4.78 is 95.8. The number of hydrogen-bond acceptors (Lipinski definition) is 4. The zero-order chi connectivity index (χ0) is 28.7. The van der Waals surface area contributed by atoms with E-state index in [0.29, 0.717) is 52.9 Å². The summed E-state index contributed by atoms with van der Waals surface area (Å²) in [5.74, 6) is -0.0715. The van der Waals surface area contributed by atoms with Crippen molar-refractivity contribution in [1.82, 2.24) is 19.9 Å². The minimum absolute atomic E-state index is 0.0804. The highest BCUT2D eigenvalue weighted by atomic mass is 35.5. The van der Waals surface area contributed by atoms with E-state index in [2.05, 4.69) is 15.3 Å². The number of rotatable bonds is 6. The van der Waals surface area contributed by atoms with Crippen molar-refractivity contribution in [3.63, 3.8) is 0 Å². The Kier molecular flexibility index (Phi) is 7.30. The predicted molar refractivity (Wildman–Crippen MR) is 134 cm³/mol. The molecule has 0 bridgehead atoms. The molecule has 0 atom stereocenters. The summed E-state index contributed by atoms with van der Waals surface area (Å²) in [5.41, 5.74) is -1.39. The third kappa shape index (κ3) is 5.81. The first-order valence-electron chi connectivity index (χ1n) is 11.9. The Bertz CT molecular complexity index is 1530. The average Bonchev–Trinajstić information content (AvgIpc) is 3.52. The van der Waals surface area contributed by atoms with Crippen molar-refractivity contribution in [2.75, 3.05) is 13.1 Å². The Morgan fingerprint density at radius 1 is 0.825 bits per heavy atom. The summed E-state index contributed by atoms with van der Waals surface area (Å²) in [7, 11) is 0. The minimum atomic E-state index is -4.98. The second-order valence-corrected chi connectivity index (χ2v) is 9.49. The lowest BCUT2D eigenvalue weighted by molar-refractivity contribution is -0.143. The van der Waals surface area contributed by atoms with Crippen molar-refractivity contribution in [3.05, 3.63) is 106 Å². The first-order chi connectivity index (χ1) is 18.9. The van der Waals surface area contributed by atoms with Gasteiger partial charge in [-0.3, -0.25) is 4.99 Å². The number of aliphatic imine (C=N–C) groups is 1. The van der Waals surface area contributed by atoms with Crippen LogP contribution in [0, 0.1) is 5.82 Å². The molecule has 5 rings (SSSR count). The van der Waals surface area contributed by atoms with Crippen LogP contribution in [0.4, 0.5) is 30.7 Å². The maximum atomic E-state index is 13.9. The molecule has 2 heterocycles. The van der Waals surface area contributed by atoms with Crippen LogP contribution in [0.2, 0.25) is 5.02 Å². The molecule has 1 aliphatic heterocycles. The van der Waals surface area contributed by atoms with E-state index >= 15 is 0 Å². The molecule has 5 nitrogen and oxygen atoms in total. The predicted octanol–water partition coefficient (Wildman–Crippen LogP) is 7.09. The number of aromatic nitrogens is 3. The second-order valence-electron chi connectivity index (χ2n) is 9.09. The highest BCUT2D eigenvalue weighted by Gasteiger charge is 2.37. The van der Waals surface area contributed by atoms with Crippen LogP contribution in [0.3, 0.4) is 0 Å². The molecule has 4 aromatic rings. The fraction of sp³-hybridized carbons (Fsp3) is 0.222. The van der Waals surface area contributed by atoms with Gasteiger partial charge < -0.3 is 4.90 Å². The molecule has 0 saturated heterocycles. The molecule has 0 unspecified atom stereocenters. The van der Waals surface area contributed by atoms with E-state index in [0.717, 1.165) is 0 Å². The van der Waals surface area contributed by atoms with E-state index in [1.165, 1.54) is 22.9 Å². The van der Waals surface area contributed by atoms with Crippen molar-refractivity contribution in [2.24, 2.45) is 4.99 Å². The van der Waals surface area contributed by atoms with Gasteiger partial charge in [0.25, 0.3) is 0 Å². The first-order valence-corrected chi connectivity index (χ1v) is 12.3. The normalized spacial score (nSPS) is 14.1. The quantitative estimate of drug-likeness (QED) is 0.229. The van der Waals surface area contributed by atoms with E-state index in [1.54, 1.807) is 30.3 Å². The molecule has 0 radical (unpaired) electrons. The first kappa shape index (κ1) is 27.6. The largest absolute Gasteiger partial charge is 0.416 e. The number of hydrogen-bond donors (Lipinski definition) is 0. The van der Waals surface area contributed by atoms with Crippen LogP contribution in [0.25, 0.3) is 11.3 Å². The summed E-state index contributed by atoms with van der Waals surface area (Å²) in [6.07, 6.45) is -9.97. The van der Waals surface area contributed by atoms with Gasteiger partial charge in [-0.1, -0.05) is 47.1 Å². The van der Waals surface area contributed by atoms with Crippen LogP contribution in [-0.2, 0) is 25.4 Å². The topological polar surface area (TPSA) is 46.3 Å². The van der Waals surface area contributed by atoms with Crippen molar-refractivity contribution >= 4 is 17.4 Å². The van der Waals surface area contributed by atoms with Crippen molar-refractivity contribution in [2.45, 2.75) is 25.4 Å². The van der Waals surface area contributed by atoms with E-state index in [4.69, 9.17) is 11.6 Å². The Morgan fingerprint density at radius 3 is 2.15 bits per heavy atom. The lowest BCUT2D eigenvalue weighted by Crippen LogP contribution is -2.29. The highest BCUT2D eigenvalue weighted by Crippen LogP contribution is 2.37. The van der Waals surface area contributed by atoms with Gasteiger partial charge in [-0.15, -0.1) is 5.10 Å². The van der Waals surface area contributed by atoms with Gasteiger partial charge in [0.05, 0.1) is 24.2 Å². The van der Waals surface area contributed by atoms with Crippen LogP contribution in [0.1, 0.15) is 27.9 Å². The minimum Gasteiger partial charge on any atom is -0.349 e. The summed E-state index contributed by atoms with van der Waals surface area (Å²) in [4.78, 5) is 6.34. The van der Waals surface area contributed by atoms with Crippen molar-refractivity contribution < 1.29 is 30.7 Å². The van der Waals surface area contributed by atoms with E-state index < -0.39 is 35.8 Å². The summed E-state index contributed by atoms with van der Waals surface area (Å²) in [6.45, 7) is 0.601. The van der Waals surface area contributed by atoms with Gasteiger partial charge in [-0.2, -0.15) is 26.3 Å². The molecular weight excluding hydrogens is 563 g/mol. The van der Waals surface area contributed by atoms with E-state index in [-0.39, 0.29) is 23.9 Å². The maximum absolute atomic E-state index is 13.9. The smallest absolute Gasteiger partial charge is 0.349 e. The van der Waals surface area contributed by atoms with Gasteiger partial charge in [0.1, 0.15) is 11.5 Å². The number of amidine groups is 1. The Balaban J connectivity index is 1.57.